The van der Waals surface area contributed by atoms with Gasteiger partial charge in [-0.15, -0.1) is 0 Å². The van der Waals surface area contributed by atoms with Gasteiger partial charge in [0.2, 0.25) is 0 Å². The predicted molar refractivity (Wildman–Crippen MR) is 60.0 cm³/mol. The largest absolute Gasteiger partial charge is 0.392 e. The number of carbonyl (C=O) groups excluding carboxylic acids is 1. The summed E-state index contributed by atoms with van der Waals surface area (Å²) in [5.74, 6) is -4.12. The van der Waals surface area contributed by atoms with Crippen LogP contribution in [0, 0.1) is 17.7 Å². The molecule has 0 amide bonds. The Balaban J connectivity index is 2.25. The van der Waals surface area contributed by atoms with Gasteiger partial charge in [0.15, 0.2) is 5.78 Å². The molecular weight excluding hydrogens is 262 g/mol. The van der Waals surface area contributed by atoms with E-state index in [1.165, 1.54) is 0 Å². The Morgan fingerprint density at radius 2 is 1.89 bits per heavy atom. The van der Waals surface area contributed by atoms with E-state index in [0.717, 1.165) is 18.5 Å². The Hall–Kier alpha value is -1.46. The number of hydrogen-bond donors (Lipinski definition) is 0. The zero-order chi connectivity index (χ0) is 14.0. The fraction of sp³-hybridized carbons (Fsp3) is 0.538. The van der Waals surface area contributed by atoms with Crippen molar-refractivity contribution in [1.82, 2.24) is 4.98 Å². The third-order valence-corrected chi connectivity index (χ3v) is 3.51. The van der Waals surface area contributed by atoms with E-state index >= 15 is 0 Å². The van der Waals surface area contributed by atoms with Crippen molar-refractivity contribution in [2.24, 2.45) is 11.8 Å². The zero-order valence-corrected chi connectivity index (χ0v) is 10.1. The normalized spacial score (nSPS) is 24.2. The SMILES string of the molecule is O=C(c1cncc(F)c1)C1CCCCC1C(F)(F)F. The molecule has 1 aromatic rings. The highest BCUT2D eigenvalue weighted by Gasteiger charge is 2.48. The molecule has 2 rings (SSSR count). The lowest BCUT2D eigenvalue weighted by Crippen LogP contribution is -2.37. The molecule has 1 saturated carbocycles. The molecule has 1 aromatic heterocycles. The summed E-state index contributed by atoms with van der Waals surface area (Å²) in [5, 5.41) is 0. The van der Waals surface area contributed by atoms with Crippen LogP contribution in [0.1, 0.15) is 36.0 Å². The maximum absolute atomic E-state index is 13.0. The third kappa shape index (κ3) is 3.11. The van der Waals surface area contributed by atoms with Crippen molar-refractivity contribution in [2.75, 3.05) is 0 Å². The van der Waals surface area contributed by atoms with Crippen LogP contribution in [0.2, 0.25) is 0 Å². The first-order chi connectivity index (χ1) is 8.89. The van der Waals surface area contributed by atoms with E-state index in [4.69, 9.17) is 0 Å². The quantitative estimate of drug-likeness (QED) is 0.607. The van der Waals surface area contributed by atoms with Gasteiger partial charge in [-0.1, -0.05) is 12.8 Å². The van der Waals surface area contributed by atoms with Crippen molar-refractivity contribution in [1.29, 1.82) is 0 Å². The summed E-state index contributed by atoms with van der Waals surface area (Å²) in [5.41, 5.74) is -0.0823. The molecule has 1 heterocycles. The highest BCUT2D eigenvalue weighted by atomic mass is 19.4. The van der Waals surface area contributed by atoms with E-state index in [1.54, 1.807) is 0 Å². The number of aromatic nitrogens is 1. The molecule has 0 N–H and O–H groups in total. The van der Waals surface area contributed by atoms with Gasteiger partial charge in [-0.25, -0.2) is 4.39 Å². The predicted octanol–water partition coefficient (Wildman–Crippen LogP) is 3.77. The van der Waals surface area contributed by atoms with Gasteiger partial charge in [-0.3, -0.25) is 9.78 Å². The molecule has 2 atom stereocenters. The van der Waals surface area contributed by atoms with Crippen LogP contribution in [0.3, 0.4) is 0 Å². The van der Waals surface area contributed by atoms with Gasteiger partial charge in [0.25, 0.3) is 0 Å². The number of hydrogen-bond acceptors (Lipinski definition) is 2. The number of Topliss-reactive ketones (excluding diaryl/α,β-unsaturated/α-hetero) is 1. The molecule has 1 aliphatic carbocycles. The van der Waals surface area contributed by atoms with Gasteiger partial charge < -0.3 is 0 Å². The molecular formula is C13H13F4NO. The summed E-state index contributed by atoms with van der Waals surface area (Å²) < 4.78 is 51.7. The van der Waals surface area contributed by atoms with E-state index < -0.39 is 29.6 Å². The Morgan fingerprint density at radius 1 is 1.21 bits per heavy atom. The lowest BCUT2D eigenvalue weighted by atomic mass is 9.75. The average molecular weight is 275 g/mol. The number of pyridine rings is 1. The Labute approximate surface area is 107 Å². The molecule has 19 heavy (non-hydrogen) atoms. The summed E-state index contributed by atoms with van der Waals surface area (Å²) >= 11 is 0. The van der Waals surface area contributed by atoms with Gasteiger partial charge in [0.05, 0.1) is 12.1 Å². The zero-order valence-electron chi connectivity index (χ0n) is 10.1. The molecule has 2 nitrogen and oxygen atoms in total. The summed E-state index contributed by atoms with van der Waals surface area (Å²) in [6.45, 7) is 0. The first kappa shape index (κ1) is 14.0. The third-order valence-electron chi connectivity index (χ3n) is 3.51. The molecule has 0 radical (unpaired) electrons. The number of ketones is 1. The minimum atomic E-state index is -4.39. The molecule has 1 fully saturated rings. The summed E-state index contributed by atoms with van der Waals surface area (Å²) in [6, 6.07) is 0.942. The van der Waals surface area contributed by atoms with Crippen LogP contribution in [-0.4, -0.2) is 16.9 Å². The maximum atomic E-state index is 13.0. The maximum Gasteiger partial charge on any atom is 0.392 e. The Kier molecular flexibility index (Phi) is 3.87. The standard InChI is InChI=1S/C13H13F4NO/c14-9-5-8(6-18-7-9)12(19)10-3-1-2-4-11(10)13(15,16)17/h5-7,10-11H,1-4H2. The molecule has 2 unspecified atom stereocenters. The van der Waals surface area contributed by atoms with Gasteiger partial charge in [0, 0.05) is 17.7 Å². The van der Waals surface area contributed by atoms with E-state index in [0.29, 0.717) is 12.8 Å². The van der Waals surface area contributed by atoms with Crippen molar-refractivity contribution < 1.29 is 22.4 Å². The first-order valence-electron chi connectivity index (χ1n) is 6.11. The highest BCUT2D eigenvalue weighted by molar-refractivity contribution is 5.97. The van der Waals surface area contributed by atoms with Crippen LogP contribution in [0.4, 0.5) is 17.6 Å². The van der Waals surface area contributed by atoms with E-state index in [2.05, 4.69) is 4.98 Å². The van der Waals surface area contributed by atoms with Gasteiger partial charge >= 0.3 is 6.18 Å². The second kappa shape index (κ2) is 5.27. The summed E-state index contributed by atoms with van der Waals surface area (Å²) in [7, 11) is 0. The fourth-order valence-electron chi connectivity index (χ4n) is 2.60. The monoisotopic (exact) mass is 275 g/mol. The molecule has 1 aliphatic rings. The van der Waals surface area contributed by atoms with Crippen molar-refractivity contribution >= 4 is 5.78 Å². The summed E-state index contributed by atoms with van der Waals surface area (Å²) in [6.07, 6.45) is -1.14. The van der Waals surface area contributed by atoms with Crippen LogP contribution in [-0.2, 0) is 0 Å². The van der Waals surface area contributed by atoms with Gasteiger partial charge in [0.1, 0.15) is 5.82 Å². The average Bonchev–Trinajstić information content (AvgIpc) is 2.37. The van der Waals surface area contributed by atoms with Crippen molar-refractivity contribution in [3.8, 4) is 0 Å². The van der Waals surface area contributed by atoms with Crippen molar-refractivity contribution in [3.05, 3.63) is 29.8 Å². The summed E-state index contributed by atoms with van der Waals surface area (Å²) in [4.78, 5) is 15.6. The van der Waals surface area contributed by atoms with Crippen LogP contribution < -0.4 is 0 Å². The molecule has 0 saturated heterocycles. The lowest BCUT2D eigenvalue weighted by Gasteiger charge is -2.31. The highest BCUT2D eigenvalue weighted by Crippen LogP contribution is 2.42. The molecule has 6 heteroatoms. The Morgan fingerprint density at radius 3 is 2.53 bits per heavy atom. The van der Waals surface area contributed by atoms with E-state index in [-0.39, 0.29) is 18.4 Å². The van der Waals surface area contributed by atoms with E-state index in [1.807, 2.05) is 0 Å². The van der Waals surface area contributed by atoms with Crippen LogP contribution >= 0.6 is 0 Å². The number of carbonyl (C=O) groups is 1. The molecule has 0 bridgehead atoms. The van der Waals surface area contributed by atoms with Crippen LogP contribution in [0.15, 0.2) is 18.5 Å². The minimum absolute atomic E-state index is 0.0390. The van der Waals surface area contributed by atoms with Gasteiger partial charge in [-0.05, 0) is 18.9 Å². The van der Waals surface area contributed by atoms with Crippen LogP contribution in [0.5, 0.6) is 0 Å². The fourth-order valence-corrected chi connectivity index (χ4v) is 2.60. The van der Waals surface area contributed by atoms with E-state index in [9.17, 15) is 22.4 Å². The lowest BCUT2D eigenvalue weighted by molar-refractivity contribution is -0.190. The molecule has 0 aliphatic heterocycles. The second-order valence-electron chi connectivity index (χ2n) is 4.80. The topological polar surface area (TPSA) is 30.0 Å². The number of nitrogens with zero attached hydrogens (tertiary/aromatic N) is 1. The molecule has 0 spiro atoms. The van der Waals surface area contributed by atoms with Crippen molar-refractivity contribution in [3.63, 3.8) is 0 Å². The molecule has 0 aromatic carbocycles. The number of alkyl halides is 3. The minimum Gasteiger partial charge on any atom is -0.294 e. The Bertz CT molecular complexity index is 472. The second-order valence-corrected chi connectivity index (χ2v) is 4.80. The smallest absolute Gasteiger partial charge is 0.294 e. The first-order valence-corrected chi connectivity index (χ1v) is 6.11. The van der Waals surface area contributed by atoms with Crippen LogP contribution in [0.25, 0.3) is 0 Å². The molecule has 104 valence electrons. The number of halogens is 4. The number of rotatable bonds is 2. The van der Waals surface area contributed by atoms with Crippen molar-refractivity contribution in [2.45, 2.75) is 31.9 Å². The van der Waals surface area contributed by atoms with Gasteiger partial charge in [-0.2, -0.15) is 13.2 Å².